The van der Waals surface area contributed by atoms with E-state index in [1.165, 1.54) is 25.7 Å². The lowest BCUT2D eigenvalue weighted by molar-refractivity contribution is 0.383. The smallest absolute Gasteiger partial charge is 0.135 e. The van der Waals surface area contributed by atoms with Crippen LogP contribution in [-0.4, -0.2) is 0 Å². The van der Waals surface area contributed by atoms with Crippen molar-refractivity contribution in [1.82, 2.24) is 0 Å². The second-order valence-corrected chi connectivity index (χ2v) is 3.65. The fraction of sp³-hybridized carbons (Fsp3) is 0.429. The highest BCUT2D eigenvalue weighted by Gasteiger charge is 1.93. The molecule has 0 aliphatic heterocycles. The number of ether oxygens (including phenoxy) is 1. The molecule has 0 unspecified atom stereocenters. The van der Waals surface area contributed by atoms with Crippen LogP contribution < -0.4 is 4.74 Å². The summed E-state index contributed by atoms with van der Waals surface area (Å²) in [5.41, 5.74) is 0. The summed E-state index contributed by atoms with van der Waals surface area (Å²) >= 11 is 0. The maximum atomic E-state index is 5.48. The van der Waals surface area contributed by atoms with Gasteiger partial charge in [0.25, 0.3) is 0 Å². The molecular weight excluding hydrogens is 184 g/mol. The van der Waals surface area contributed by atoms with Crippen molar-refractivity contribution in [2.24, 2.45) is 0 Å². The van der Waals surface area contributed by atoms with E-state index in [2.05, 4.69) is 6.92 Å². The molecule has 1 rings (SSSR count). The van der Waals surface area contributed by atoms with Crippen LogP contribution in [0.25, 0.3) is 0 Å². The topological polar surface area (TPSA) is 9.23 Å². The van der Waals surface area contributed by atoms with Gasteiger partial charge in [0.1, 0.15) is 12.4 Å². The van der Waals surface area contributed by atoms with Crippen LogP contribution in [0.15, 0.2) is 30.3 Å². The minimum atomic E-state index is 0.926. The van der Waals surface area contributed by atoms with Gasteiger partial charge in [0, 0.05) is 0 Å². The van der Waals surface area contributed by atoms with Gasteiger partial charge in [0.05, 0.1) is 0 Å². The summed E-state index contributed by atoms with van der Waals surface area (Å²) in [6, 6.07) is 9.90. The lowest BCUT2D eigenvalue weighted by atomic mass is 10.1. The summed E-state index contributed by atoms with van der Waals surface area (Å²) in [6.45, 7) is 5.73. The number of hydrogen-bond donors (Lipinski definition) is 0. The fourth-order valence-electron chi connectivity index (χ4n) is 1.41. The first-order valence-electron chi connectivity index (χ1n) is 5.76. The first-order valence-corrected chi connectivity index (χ1v) is 5.76. The Morgan fingerprint density at radius 1 is 1.00 bits per heavy atom. The first kappa shape index (κ1) is 12.1. The van der Waals surface area contributed by atoms with Gasteiger partial charge in [-0.15, -0.1) is 0 Å². The van der Waals surface area contributed by atoms with Crippen LogP contribution in [0.4, 0.5) is 0 Å². The first-order chi connectivity index (χ1) is 7.43. The Bertz CT molecular complexity index is 230. The molecule has 2 radical (unpaired) electrons. The molecular formula is C14H20O. The van der Waals surface area contributed by atoms with Crippen LogP contribution in [0.3, 0.4) is 0 Å². The van der Waals surface area contributed by atoms with Gasteiger partial charge in [-0.05, 0) is 25.0 Å². The number of benzene rings is 1. The largest absolute Gasteiger partial charge is 0.487 e. The molecule has 0 atom stereocenters. The van der Waals surface area contributed by atoms with Crippen molar-refractivity contribution < 1.29 is 4.74 Å². The summed E-state index contributed by atoms with van der Waals surface area (Å²) in [7, 11) is 0. The zero-order valence-electron chi connectivity index (χ0n) is 9.32. The second kappa shape index (κ2) is 8.34. The van der Waals surface area contributed by atoms with Crippen molar-refractivity contribution >= 4 is 0 Å². The summed E-state index contributed by atoms with van der Waals surface area (Å²) in [5.74, 6) is 0.926. The molecule has 1 aromatic carbocycles. The number of rotatable bonds is 8. The second-order valence-electron chi connectivity index (χ2n) is 3.65. The SMILES string of the molecule is [CH2]CCCCCC[CH]Oc1ccccc1. The summed E-state index contributed by atoms with van der Waals surface area (Å²) in [4.78, 5) is 0. The van der Waals surface area contributed by atoms with E-state index in [9.17, 15) is 0 Å². The molecule has 82 valence electrons. The minimum Gasteiger partial charge on any atom is -0.487 e. The molecule has 0 bridgehead atoms. The average molecular weight is 204 g/mol. The van der Waals surface area contributed by atoms with E-state index in [1.807, 2.05) is 36.9 Å². The van der Waals surface area contributed by atoms with Crippen LogP contribution in [0.1, 0.15) is 38.5 Å². The third kappa shape index (κ3) is 6.16. The highest BCUT2D eigenvalue weighted by molar-refractivity contribution is 5.21. The minimum absolute atomic E-state index is 0.926. The van der Waals surface area contributed by atoms with Crippen LogP contribution in [-0.2, 0) is 0 Å². The zero-order valence-corrected chi connectivity index (χ0v) is 9.32. The summed E-state index contributed by atoms with van der Waals surface area (Å²) in [5, 5.41) is 0. The predicted molar refractivity (Wildman–Crippen MR) is 64.4 cm³/mol. The van der Waals surface area contributed by atoms with Crippen LogP contribution in [0, 0.1) is 13.5 Å². The number of unbranched alkanes of at least 4 members (excludes halogenated alkanes) is 5. The van der Waals surface area contributed by atoms with Gasteiger partial charge in [-0.2, -0.15) is 0 Å². The quantitative estimate of drug-likeness (QED) is 0.570. The van der Waals surface area contributed by atoms with Crippen LogP contribution >= 0.6 is 0 Å². The normalized spacial score (nSPS) is 10.2. The molecule has 0 aromatic heterocycles. The molecule has 0 heterocycles. The Hall–Kier alpha value is -0.980. The molecule has 0 saturated heterocycles. The summed E-state index contributed by atoms with van der Waals surface area (Å²) < 4.78 is 5.48. The molecule has 0 spiro atoms. The van der Waals surface area contributed by atoms with E-state index < -0.39 is 0 Å². The Kier molecular flexibility index (Phi) is 6.72. The Balaban J connectivity index is 1.93. The van der Waals surface area contributed by atoms with Gasteiger partial charge >= 0.3 is 0 Å². The Labute approximate surface area is 93.5 Å². The molecule has 1 aromatic rings. The number of para-hydroxylation sites is 1. The van der Waals surface area contributed by atoms with Gasteiger partial charge in [-0.3, -0.25) is 0 Å². The lowest BCUT2D eigenvalue weighted by Gasteiger charge is -2.04. The number of hydrogen-bond acceptors (Lipinski definition) is 1. The van der Waals surface area contributed by atoms with Crippen molar-refractivity contribution in [3.05, 3.63) is 43.9 Å². The monoisotopic (exact) mass is 204 g/mol. The maximum Gasteiger partial charge on any atom is 0.135 e. The van der Waals surface area contributed by atoms with Crippen LogP contribution in [0.5, 0.6) is 5.75 Å². The van der Waals surface area contributed by atoms with E-state index in [-0.39, 0.29) is 0 Å². The van der Waals surface area contributed by atoms with Gasteiger partial charge in [-0.25, -0.2) is 0 Å². The van der Waals surface area contributed by atoms with E-state index in [0.29, 0.717) is 0 Å². The van der Waals surface area contributed by atoms with Gasteiger partial charge < -0.3 is 4.74 Å². The highest BCUT2D eigenvalue weighted by Crippen LogP contribution is 2.12. The molecule has 0 fully saturated rings. The van der Waals surface area contributed by atoms with Gasteiger partial charge in [0.15, 0.2) is 0 Å². The van der Waals surface area contributed by atoms with Crippen molar-refractivity contribution in [3.63, 3.8) is 0 Å². The molecule has 0 aliphatic rings. The lowest BCUT2D eigenvalue weighted by Crippen LogP contribution is -1.90. The van der Waals surface area contributed by atoms with E-state index in [1.54, 1.807) is 0 Å². The van der Waals surface area contributed by atoms with E-state index in [4.69, 9.17) is 4.74 Å². The molecule has 0 saturated carbocycles. The highest BCUT2D eigenvalue weighted by atomic mass is 16.5. The molecule has 15 heavy (non-hydrogen) atoms. The van der Waals surface area contributed by atoms with Crippen molar-refractivity contribution in [1.29, 1.82) is 0 Å². The standard InChI is InChI=1S/C14H20O/c1-2-3-4-5-6-10-13-15-14-11-8-7-9-12-14/h7-9,11-13H,1-6,10H2. The van der Waals surface area contributed by atoms with Gasteiger partial charge in [0.2, 0.25) is 0 Å². The van der Waals surface area contributed by atoms with Crippen molar-refractivity contribution in [2.45, 2.75) is 38.5 Å². The zero-order chi connectivity index (χ0) is 10.8. The fourth-order valence-corrected chi connectivity index (χ4v) is 1.41. The van der Waals surface area contributed by atoms with E-state index >= 15 is 0 Å². The third-order valence-corrected chi connectivity index (χ3v) is 2.28. The average Bonchev–Trinajstić information content (AvgIpc) is 2.29. The molecule has 0 aliphatic carbocycles. The maximum absolute atomic E-state index is 5.48. The summed E-state index contributed by atoms with van der Waals surface area (Å²) in [6.07, 6.45) is 7.13. The predicted octanol–water partition coefficient (Wildman–Crippen LogP) is 4.40. The molecule has 0 N–H and O–H groups in total. The van der Waals surface area contributed by atoms with E-state index in [0.717, 1.165) is 18.6 Å². The van der Waals surface area contributed by atoms with Crippen LogP contribution in [0.2, 0.25) is 0 Å². The van der Waals surface area contributed by atoms with Crippen molar-refractivity contribution in [2.75, 3.05) is 0 Å². The van der Waals surface area contributed by atoms with Crippen molar-refractivity contribution in [3.8, 4) is 5.75 Å². The molecule has 1 heteroatoms. The van der Waals surface area contributed by atoms with Gasteiger partial charge in [-0.1, -0.05) is 50.8 Å². The molecule has 0 amide bonds. The Morgan fingerprint density at radius 3 is 2.47 bits per heavy atom. The molecule has 1 nitrogen and oxygen atoms in total. The Morgan fingerprint density at radius 2 is 1.73 bits per heavy atom. The third-order valence-electron chi connectivity index (χ3n) is 2.28.